The molecule has 2 aromatic rings. The van der Waals surface area contributed by atoms with Crippen molar-refractivity contribution in [3.05, 3.63) is 51.9 Å². The lowest BCUT2D eigenvalue weighted by atomic mass is 9.69. The Kier molecular flexibility index (Phi) is 5.75. The highest BCUT2D eigenvalue weighted by molar-refractivity contribution is 7.17. The summed E-state index contributed by atoms with van der Waals surface area (Å²) in [5.74, 6) is 0.513. The number of ether oxygens (including phenoxy) is 1. The number of fused-ring (bicyclic) bond motifs is 1. The minimum Gasteiger partial charge on any atom is -0.465 e. The molecule has 2 aliphatic rings. The fraction of sp³-hybridized carbons (Fsp3) is 0.520. The Morgan fingerprint density at radius 3 is 2.63 bits per heavy atom. The Hall–Kier alpha value is -2.14. The highest BCUT2D eigenvalue weighted by atomic mass is 32.1. The number of methoxy groups -OCH3 is 1. The molecule has 4 rings (SSSR count). The van der Waals surface area contributed by atoms with Crippen molar-refractivity contribution < 1.29 is 14.3 Å². The average molecular weight is 426 g/mol. The zero-order valence-electron chi connectivity index (χ0n) is 18.3. The van der Waals surface area contributed by atoms with E-state index in [0.29, 0.717) is 16.5 Å². The summed E-state index contributed by atoms with van der Waals surface area (Å²) >= 11 is 1.57. The van der Waals surface area contributed by atoms with Crippen LogP contribution < -0.4 is 5.32 Å². The number of rotatable bonds is 6. The van der Waals surface area contributed by atoms with Crippen LogP contribution >= 0.6 is 11.3 Å². The molecular weight excluding hydrogens is 394 g/mol. The Labute approximate surface area is 183 Å². The van der Waals surface area contributed by atoms with Crippen molar-refractivity contribution in [1.82, 2.24) is 0 Å². The van der Waals surface area contributed by atoms with E-state index in [1.807, 2.05) is 18.2 Å². The molecule has 0 bridgehead atoms. The second-order valence-corrected chi connectivity index (χ2v) is 10.4. The van der Waals surface area contributed by atoms with Gasteiger partial charge < -0.3 is 10.1 Å². The van der Waals surface area contributed by atoms with Gasteiger partial charge in [-0.15, -0.1) is 11.3 Å². The van der Waals surface area contributed by atoms with E-state index >= 15 is 0 Å². The van der Waals surface area contributed by atoms with Crippen LogP contribution in [0.3, 0.4) is 0 Å². The van der Waals surface area contributed by atoms with Gasteiger partial charge in [0.1, 0.15) is 5.00 Å². The van der Waals surface area contributed by atoms with Gasteiger partial charge in [0, 0.05) is 10.8 Å². The van der Waals surface area contributed by atoms with Gasteiger partial charge in [-0.2, -0.15) is 0 Å². The largest absolute Gasteiger partial charge is 0.465 e. The molecule has 1 aromatic heterocycles. The normalized spacial score (nSPS) is 22.9. The van der Waals surface area contributed by atoms with Crippen molar-refractivity contribution in [1.29, 1.82) is 0 Å². The molecule has 0 radical (unpaired) electrons. The van der Waals surface area contributed by atoms with Gasteiger partial charge in [-0.05, 0) is 54.1 Å². The predicted molar refractivity (Wildman–Crippen MR) is 121 cm³/mol. The fourth-order valence-corrected chi connectivity index (χ4v) is 6.02. The van der Waals surface area contributed by atoms with Gasteiger partial charge >= 0.3 is 5.97 Å². The Morgan fingerprint density at radius 1 is 1.23 bits per heavy atom. The monoisotopic (exact) mass is 425 g/mol. The summed E-state index contributed by atoms with van der Waals surface area (Å²) in [6.07, 6.45) is 4.91. The zero-order valence-corrected chi connectivity index (χ0v) is 19.1. The van der Waals surface area contributed by atoms with E-state index in [2.05, 4.69) is 38.2 Å². The zero-order chi connectivity index (χ0) is 21.5. The first-order valence-electron chi connectivity index (χ1n) is 10.9. The summed E-state index contributed by atoms with van der Waals surface area (Å²) in [5, 5.41) is 3.76. The number of hydrogen-bond donors (Lipinski definition) is 1. The smallest absolute Gasteiger partial charge is 0.341 e. The third-order valence-corrected chi connectivity index (χ3v) is 8.43. The van der Waals surface area contributed by atoms with Gasteiger partial charge in [0.2, 0.25) is 5.91 Å². The lowest BCUT2D eigenvalue weighted by Gasteiger charge is -2.36. The molecule has 0 saturated heterocycles. The van der Waals surface area contributed by atoms with Gasteiger partial charge in [0.25, 0.3) is 0 Å². The second kappa shape index (κ2) is 8.18. The standard InChI is InChI=1S/C25H31NO3S/c1-5-25(2,3)16-11-12-17-20(13-16)30-23(21(17)24(28)29-4)26-22(27)19-14-18(19)15-9-7-6-8-10-15/h6-10,16,18-19H,5,11-14H2,1-4H3,(H,26,27)/t16-,18+,19+/m1/s1. The molecule has 0 unspecified atom stereocenters. The molecule has 1 aromatic carbocycles. The summed E-state index contributed by atoms with van der Waals surface area (Å²) in [7, 11) is 1.41. The first-order chi connectivity index (χ1) is 14.4. The Balaban J connectivity index is 1.55. The third-order valence-electron chi connectivity index (χ3n) is 7.26. The molecule has 5 heteroatoms. The fourth-order valence-electron chi connectivity index (χ4n) is 4.71. The van der Waals surface area contributed by atoms with Crippen molar-refractivity contribution in [2.24, 2.45) is 17.3 Å². The molecule has 3 atom stereocenters. The lowest BCUT2D eigenvalue weighted by Crippen LogP contribution is -2.28. The van der Waals surface area contributed by atoms with Crippen LogP contribution in [0, 0.1) is 17.3 Å². The van der Waals surface area contributed by atoms with E-state index in [-0.39, 0.29) is 29.1 Å². The van der Waals surface area contributed by atoms with E-state index < -0.39 is 0 Å². The topological polar surface area (TPSA) is 55.4 Å². The molecule has 1 fully saturated rings. The molecule has 1 heterocycles. The van der Waals surface area contributed by atoms with Crippen molar-refractivity contribution in [2.45, 2.75) is 58.8 Å². The summed E-state index contributed by atoms with van der Waals surface area (Å²) in [6, 6.07) is 10.2. The number of nitrogens with one attached hydrogen (secondary N) is 1. The molecular formula is C25H31NO3S. The van der Waals surface area contributed by atoms with E-state index in [1.165, 1.54) is 17.6 Å². The Morgan fingerprint density at radius 2 is 1.97 bits per heavy atom. The number of thiophene rings is 1. The number of benzene rings is 1. The molecule has 1 N–H and O–H groups in total. The maximum absolute atomic E-state index is 12.9. The van der Waals surface area contributed by atoms with Crippen molar-refractivity contribution >= 4 is 28.2 Å². The molecule has 0 spiro atoms. The van der Waals surface area contributed by atoms with E-state index in [0.717, 1.165) is 37.7 Å². The second-order valence-electron chi connectivity index (χ2n) is 9.33. The van der Waals surface area contributed by atoms with Crippen LogP contribution in [0.2, 0.25) is 0 Å². The van der Waals surface area contributed by atoms with Crippen LogP contribution in [0.15, 0.2) is 30.3 Å². The summed E-state index contributed by atoms with van der Waals surface area (Å²) in [4.78, 5) is 26.8. The maximum Gasteiger partial charge on any atom is 0.341 e. The van der Waals surface area contributed by atoms with Crippen LogP contribution in [0.4, 0.5) is 5.00 Å². The molecule has 2 aliphatic carbocycles. The number of amides is 1. The van der Waals surface area contributed by atoms with Gasteiger partial charge in [0.05, 0.1) is 12.7 Å². The number of carbonyl (C=O) groups excluding carboxylic acids is 2. The van der Waals surface area contributed by atoms with Crippen molar-refractivity contribution in [3.63, 3.8) is 0 Å². The van der Waals surface area contributed by atoms with Crippen LogP contribution in [0.25, 0.3) is 0 Å². The first kappa shape index (κ1) is 21.1. The van der Waals surface area contributed by atoms with E-state index in [9.17, 15) is 9.59 Å². The Bertz CT molecular complexity index is 947. The molecule has 1 saturated carbocycles. The molecule has 0 aliphatic heterocycles. The van der Waals surface area contributed by atoms with Gasteiger partial charge in [-0.25, -0.2) is 4.79 Å². The lowest BCUT2D eigenvalue weighted by molar-refractivity contribution is -0.117. The summed E-state index contributed by atoms with van der Waals surface area (Å²) in [5.41, 5.74) is 3.14. The SMILES string of the molecule is CCC(C)(C)[C@@H]1CCc2c(sc(NC(=O)[C@H]3C[C@H]3c3ccccc3)c2C(=O)OC)C1. The van der Waals surface area contributed by atoms with Gasteiger partial charge in [-0.1, -0.05) is 57.5 Å². The van der Waals surface area contributed by atoms with Gasteiger partial charge in [-0.3, -0.25) is 4.79 Å². The molecule has 160 valence electrons. The number of anilines is 1. The highest BCUT2D eigenvalue weighted by Gasteiger charge is 2.44. The average Bonchev–Trinajstić information content (AvgIpc) is 3.49. The van der Waals surface area contributed by atoms with Gasteiger partial charge in [0.15, 0.2) is 0 Å². The van der Waals surface area contributed by atoms with Crippen molar-refractivity contribution in [2.75, 3.05) is 12.4 Å². The maximum atomic E-state index is 12.9. The summed E-state index contributed by atoms with van der Waals surface area (Å²) in [6.45, 7) is 6.90. The molecule has 4 nitrogen and oxygen atoms in total. The number of carbonyl (C=O) groups is 2. The summed E-state index contributed by atoms with van der Waals surface area (Å²) < 4.78 is 5.08. The highest BCUT2D eigenvalue weighted by Crippen LogP contribution is 2.49. The molecule has 1 amide bonds. The van der Waals surface area contributed by atoms with Crippen LogP contribution in [-0.4, -0.2) is 19.0 Å². The third kappa shape index (κ3) is 3.92. The minimum absolute atomic E-state index is 0.0121. The van der Waals surface area contributed by atoms with Crippen LogP contribution in [0.5, 0.6) is 0 Å². The van der Waals surface area contributed by atoms with E-state index in [1.54, 1.807) is 11.3 Å². The van der Waals surface area contributed by atoms with Crippen LogP contribution in [0.1, 0.15) is 72.3 Å². The first-order valence-corrected chi connectivity index (χ1v) is 11.8. The quantitative estimate of drug-likeness (QED) is 0.594. The minimum atomic E-state index is -0.341. The predicted octanol–water partition coefficient (Wildman–Crippen LogP) is 5.82. The number of hydrogen-bond acceptors (Lipinski definition) is 4. The van der Waals surface area contributed by atoms with Crippen molar-refractivity contribution in [3.8, 4) is 0 Å². The van der Waals surface area contributed by atoms with Crippen LogP contribution in [-0.2, 0) is 22.4 Å². The van der Waals surface area contributed by atoms with E-state index in [4.69, 9.17) is 4.74 Å². The molecule has 30 heavy (non-hydrogen) atoms. The number of esters is 1.